The first-order valence-corrected chi connectivity index (χ1v) is 8.11. The summed E-state index contributed by atoms with van der Waals surface area (Å²) in [4.78, 5) is 0. The molecule has 0 aliphatic heterocycles. The number of hydrogen-bond acceptors (Lipinski definition) is 2. The summed E-state index contributed by atoms with van der Waals surface area (Å²) < 4.78 is 25.2. The average molecular weight is 285 g/mol. The Bertz CT molecular complexity index is 397. The van der Waals surface area contributed by atoms with Crippen molar-refractivity contribution in [1.29, 1.82) is 0 Å². The molecule has 1 aliphatic carbocycles. The highest BCUT2D eigenvalue weighted by molar-refractivity contribution is 7.99. The van der Waals surface area contributed by atoms with Gasteiger partial charge in [-0.25, -0.2) is 8.78 Å². The minimum atomic E-state index is -2.38. The fourth-order valence-corrected chi connectivity index (χ4v) is 3.47. The van der Waals surface area contributed by atoms with E-state index in [1.165, 1.54) is 31.7 Å². The summed E-state index contributed by atoms with van der Waals surface area (Å²) >= 11 is 1.94. The molecule has 2 unspecified atom stereocenters. The standard InChI is InChI=1S/C15H21F2NS/c1-19-14-7-3-6-13(9-14)18-10-11-4-2-5-12(8-11)15(16)17/h2,4-5,8,13-15,18H,3,6-7,9-10H2,1H3. The molecule has 2 atom stereocenters. The van der Waals surface area contributed by atoms with Gasteiger partial charge in [0.25, 0.3) is 6.43 Å². The zero-order chi connectivity index (χ0) is 13.7. The fraction of sp³-hybridized carbons (Fsp3) is 0.600. The molecule has 4 heteroatoms. The van der Waals surface area contributed by atoms with Gasteiger partial charge >= 0.3 is 0 Å². The van der Waals surface area contributed by atoms with Gasteiger partial charge in [0.1, 0.15) is 0 Å². The van der Waals surface area contributed by atoms with Crippen LogP contribution < -0.4 is 5.32 Å². The molecule has 1 aromatic rings. The second kappa shape index (κ2) is 7.25. The van der Waals surface area contributed by atoms with Crippen LogP contribution in [0.25, 0.3) is 0 Å². The summed E-state index contributed by atoms with van der Waals surface area (Å²) in [7, 11) is 0. The summed E-state index contributed by atoms with van der Waals surface area (Å²) in [5.41, 5.74) is 1.06. The summed E-state index contributed by atoms with van der Waals surface area (Å²) in [6.45, 7) is 0.687. The van der Waals surface area contributed by atoms with Crippen molar-refractivity contribution in [2.75, 3.05) is 6.26 Å². The smallest absolute Gasteiger partial charge is 0.263 e. The average Bonchev–Trinajstić information content (AvgIpc) is 2.45. The lowest BCUT2D eigenvalue weighted by Gasteiger charge is -2.28. The Kier molecular flexibility index (Phi) is 5.64. The van der Waals surface area contributed by atoms with Crippen LogP contribution in [-0.4, -0.2) is 17.5 Å². The van der Waals surface area contributed by atoms with Crippen molar-refractivity contribution in [3.8, 4) is 0 Å². The van der Waals surface area contributed by atoms with Crippen molar-refractivity contribution < 1.29 is 8.78 Å². The molecule has 1 fully saturated rings. The first-order valence-electron chi connectivity index (χ1n) is 6.82. The van der Waals surface area contributed by atoms with E-state index in [1.54, 1.807) is 12.1 Å². The van der Waals surface area contributed by atoms with Crippen LogP contribution in [0.3, 0.4) is 0 Å². The first-order chi connectivity index (χ1) is 9.19. The van der Waals surface area contributed by atoms with Crippen molar-refractivity contribution in [1.82, 2.24) is 5.32 Å². The molecule has 0 radical (unpaired) electrons. The van der Waals surface area contributed by atoms with Gasteiger partial charge in [-0.15, -0.1) is 0 Å². The maximum atomic E-state index is 12.6. The van der Waals surface area contributed by atoms with E-state index in [-0.39, 0.29) is 5.56 Å². The van der Waals surface area contributed by atoms with Crippen LogP contribution in [0.15, 0.2) is 24.3 Å². The van der Waals surface area contributed by atoms with Crippen molar-refractivity contribution in [2.45, 2.75) is 49.9 Å². The van der Waals surface area contributed by atoms with Gasteiger partial charge in [0.05, 0.1) is 0 Å². The minimum Gasteiger partial charge on any atom is -0.310 e. The van der Waals surface area contributed by atoms with Crippen LogP contribution in [0, 0.1) is 0 Å². The lowest BCUT2D eigenvalue weighted by Crippen LogP contribution is -2.34. The van der Waals surface area contributed by atoms with Gasteiger partial charge in [0.2, 0.25) is 0 Å². The number of benzene rings is 1. The third-order valence-electron chi connectivity index (χ3n) is 3.76. The Hall–Kier alpha value is -0.610. The van der Waals surface area contributed by atoms with Crippen molar-refractivity contribution in [3.63, 3.8) is 0 Å². The quantitative estimate of drug-likeness (QED) is 0.861. The van der Waals surface area contributed by atoms with Crippen LogP contribution >= 0.6 is 11.8 Å². The molecule has 0 amide bonds. The zero-order valence-electron chi connectivity index (χ0n) is 11.2. The predicted octanol–water partition coefficient (Wildman–Crippen LogP) is 4.39. The molecule has 0 spiro atoms. The Morgan fingerprint density at radius 3 is 2.95 bits per heavy atom. The second-order valence-corrected chi connectivity index (χ2v) is 6.29. The van der Waals surface area contributed by atoms with Crippen LogP contribution in [-0.2, 0) is 6.54 Å². The molecule has 106 valence electrons. The molecule has 1 aliphatic rings. The van der Waals surface area contributed by atoms with E-state index in [9.17, 15) is 8.78 Å². The zero-order valence-corrected chi connectivity index (χ0v) is 12.1. The van der Waals surface area contributed by atoms with Gasteiger partial charge in [-0.2, -0.15) is 11.8 Å². The highest BCUT2D eigenvalue weighted by Crippen LogP contribution is 2.27. The molecule has 0 heterocycles. The maximum absolute atomic E-state index is 12.6. The second-order valence-electron chi connectivity index (χ2n) is 5.15. The molecule has 1 nitrogen and oxygen atoms in total. The van der Waals surface area contributed by atoms with Gasteiger partial charge < -0.3 is 5.32 Å². The van der Waals surface area contributed by atoms with E-state index in [4.69, 9.17) is 0 Å². The lowest BCUT2D eigenvalue weighted by atomic mass is 9.94. The number of nitrogens with one attached hydrogen (secondary N) is 1. The van der Waals surface area contributed by atoms with Gasteiger partial charge in [-0.1, -0.05) is 24.6 Å². The van der Waals surface area contributed by atoms with Crippen LogP contribution in [0.2, 0.25) is 0 Å². The highest BCUT2D eigenvalue weighted by Gasteiger charge is 2.20. The molecule has 0 bridgehead atoms. The lowest BCUT2D eigenvalue weighted by molar-refractivity contribution is 0.151. The van der Waals surface area contributed by atoms with E-state index in [2.05, 4.69) is 11.6 Å². The predicted molar refractivity (Wildman–Crippen MR) is 77.8 cm³/mol. The monoisotopic (exact) mass is 285 g/mol. The third-order valence-corrected chi connectivity index (χ3v) is 4.85. The van der Waals surface area contributed by atoms with Gasteiger partial charge in [0.15, 0.2) is 0 Å². The Balaban J connectivity index is 1.86. The highest BCUT2D eigenvalue weighted by atomic mass is 32.2. The largest absolute Gasteiger partial charge is 0.310 e. The minimum absolute atomic E-state index is 0.116. The van der Waals surface area contributed by atoms with E-state index < -0.39 is 6.43 Å². The first kappa shape index (κ1) is 14.8. The number of alkyl halides is 2. The van der Waals surface area contributed by atoms with Crippen molar-refractivity contribution in [2.24, 2.45) is 0 Å². The Morgan fingerprint density at radius 1 is 1.37 bits per heavy atom. The third kappa shape index (κ3) is 4.46. The fourth-order valence-electron chi connectivity index (χ4n) is 2.65. The molecule has 2 rings (SSSR count). The maximum Gasteiger partial charge on any atom is 0.263 e. The number of halogens is 2. The number of hydrogen-bond donors (Lipinski definition) is 1. The Labute approximate surface area is 118 Å². The summed E-state index contributed by atoms with van der Waals surface area (Å²) in [5, 5.41) is 4.26. The molecule has 0 aromatic heterocycles. The number of rotatable bonds is 5. The summed E-state index contributed by atoms with van der Waals surface area (Å²) in [6, 6.07) is 7.24. The Morgan fingerprint density at radius 2 is 2.21 bits per heavy atom. The normalized spacial score (nSPS) is 23.8. The summed E-state index contributed by atoms with van der Waals surface area (Å²) in [5.74, 6) is 0. The van der Waals surface area contributed by atoms with E-state index in [0.717, 1.165) is 10.8 Å². The molecule has 1 saturated carbocycles. The van der Waals surface area contributed by atoms with E-state index >= 15 is 0 Å². The SMILES string of the molecule is CSC1CCCC(NCc2cccc(C(F)F)c2)C1. The van der Waals surface area contributed by atoms with Crippen molar-refractivity contribution >= 4 is 11.8 Å². The molecule has 19 heavy (non-hydrogen) atoms. The molecule has 0 saturated heterocycles. The van der Waals surface area contributed by atoms with Crippen molar-refractivity contribution in [3.05, 3.63) is 35.4 Å². The molecular formula is C15H21F2NS. The van der Waals surface area contributed by atoms with Crippen LogP contribution in [0.5, 0.6) is 0 Å². The van der Waals surface area contributed by atoms with Gasteiger partial charge in [-0.05, 0) is 37.1 Å². The van der Waals surface area contributed by atoms with E-state index in [1.807, 2.05) is 17.8 Å². The molecular weight excluding hydrogens is 264 g/mol. The molecule has 1 aromatic carbocycles. The van der Waals surface area contributed by atoms with Crippen LogP contribution in [0.4, 0.5) is 8.78 Å². The number of thioether (sulfide) groups is 1. The van der Waals surface area contributed by atoms with E-state index in [0.29, 0.717) is 12.6 Å². The van der Waals surface area contributed by atoms with Gasteiger partial charge in [-0.3, -0.25) is 0 Å². The van der Waals surface area contributed by atoms with Crippen LogP contribution in [0.1, 0.15) is 43.2 Å². The molecule has 1 N–H and O–H groups in total. The summed E-state index contributed by atoms with van der Waals surface area (Å²) in [6.07, 6.45) is 4.75. The topological polar surface area (TPSA) is 12.0 Å². The van der Waals surface area contributed by atoms with Gasteiger partial charge in [0, 0.05) is 23.4 Å².